The normalized spacial score (nSPS) is 10.7. The van der Waals surface area contributed by atoms with Gasteiger partial charge in [0.15, 0.2) is 0 Å². The predicted molar refractivity (Wildman–Crippen MR) is 92.4 cm³/mol. The number of rotatable bonds is 4. The van der Waals surface area contributed by atoms with E-state index in [0.717, 1.165) is 16.1 Å². The van der Waals surface area contributed by atoms with Crippen LogP contribution < -0.4 is 0 Å². The number of nitrogens with zero attached hydrogens (tertiary/aromatic N) is 2. The van der Waals surface area contributed by atoms with Crippen molar-refractivity contribution in [3.8, 4) is 10.6 Å². The molecule has 2 aromatic heterocycles. The van der Waals surface area contributed by atoms with Crippen molar-refractivity contribution >= 4 is 28.6 Å². The largest absolute Gasteiger partial charge is 0.337 e. The highest BCUT2D eigenvalue weighted by Gasteiger charge is 2.19. The molecule has 0 atom stereocenters. The van der Waals surface area contributed by atoms with E-state index in [4.69, 9.17) is 0 Å². The number of aryl methyl sites for hydroxylation is 1. The Morgan fingerprint density at radius 3 is 2.65 bits per heavy atom. The Hall–Kier alpha value is -2.05. The molecule has 1 aromatic carbocycles. The number of hydrogen-bond acceptors (Lipinski definition) is 4. The van der Waals surface area contributed by atoms with Crippen molar-refractivity contribution < 1.29 is 9.18 Å². The van der Waals surface area contributed by atoms with Crippen LogP contribution in [0.15, 0.2) is 41.1 Å². The Bertz CT molecular complexity index is 810. The van der Waals surface area contributed by atoms with Gasteiger partial charge in [0.2, 0.25) is 0 Å². The molecule has 1 amide bonds. The van der Waals surface area contributed by atoms with E-state index in [1.54, 1.807) is 35.4 Å². The van der Waals surface area contributed by atoms with Gasteiger partial charge < -0.3 is 4.90 Å². The molecule has 6 heteroatoms. The lowest BCUT2D eigenvalue weighted by Crippen LogP contribution is -2.25. The molecule has 3 rings (SSSR count). The van der Waals surface area contributed by atoms with Crippen molar-refractivity contribution in [2.24, 2.45) is 0 Å². The molecule has 3 aromatic rings. The molecule has 0 spiro atoms. The van der Waals surface area contributed by atoms with E-state index in [1.165, 1.54) is 23.5 Å². The Balaban J connectivity index is 1.82. The van der Waals surface area contributed by atoms with Gasteiger partial charge in [0.25, 0.3) is 5.91 Å². The average molecular weight is 346 g/mol. The van der Waals surface area contributed by atoms with E-state index in [1.807, 2.05) is 23.8 Å². The summed E-state index contributed by atoms with van der Waals surface area (Å²) < 4.78 is 13.0. The highest BCUT2D eigenvalue weighted by molar-refractivity contribution is 7.17. The molecule has 0 aliphatic heterocycles. The minimum Gasteiger partial charge on any atom is -0.337 e. The van der Waals surface area contributed by atoms with Gasteiger partial charge in [-0.25, -0.2) is 9.37 Å². The van der Waals surface area contributed by atoms with Crippen molar-refractivity contribution in [2.75, 3.05) is 7.05 Å². The van der Waals surface area contributed by atoms with Crippen molar-refractivity contribution in [1.82, 2.24) is 9.88 Å². The van der Waals surface area contributed by atoms with Gasteiger partial charge >= 0.3 is 0 Å². The molecule has 0 fully saturated rings. The van der Waals surface area contributed by atoms with Gasteiger partial charge in [0.1, 0.15) is 15.7 Å². The molecule has 0 bridgehead atoms. The van der Waals surface area contributed by atoms with E-state index >= 15 is 0 Å². The first-order valence-corrected chi connectivity index (χ1v) is 8.80. The Morgan fingerprint density at radius 2 is 2.00 bits per heavy atom. The molecule has 23 heavy (non-hydrogen) atoms. The lowest BCUT2D eigenvalue weighted by Gasteiger charge is -2.15. The van der Waals surface area contributed by atoms with Crippen molar-refractivity contribution in [2.45, 2.75) is 13.5 Å². The van der Waals surface area contributed by atoms with Crippen LogP contribution in [0, 0.1) is 12.7 Å². The van der Waals surface area contributed by atoms with Crippen LogP contribution in [0.5, 0.6) is 0 Å². The fourth-order valence-electron chi connectivity index (χ4n) is 2.21. The van der Waals surface area contributed by atoms with E-state index in [0.29, 0.717) is 17.1 Å². The van der Waals surface area contributed by atoms with Gasteiger partial charge in [-0.2, -0.15) is 11.3 Å². The Kier molecular flexibility index (Phi) is 4.54. The lowest BCUT2D eigenvalue weighted by molar-refractivity contribution is 0.0789. The second kappa shape index (κ2) is 6.60. The lowest BCUT2D eigenvalue weighted by atomic mass is 10.2. The van der Waals surface area contributed by atoms with Gasteiger partial charge in [0.05, 0.1) is 5.69 Å². The number of benzene rings is 1. The third-order valence-electron chi connectivity index (χ3n) is 3.43. The quantitative estimate of drug-likeness (QED) is 0.692. The van der Waals surface area contributed by atoms with Crippen LogP contribution in [0.25, 0.3) is 10.6 Å². The highest BCUT2D eigenvalue weighted by Crippen LogP contribution is 2.29. The highest BCUT2D eigenvalue weighted by atomic mass is 32.1. The summed E-state index contributed by atoms with van der Waals surface area (Å²) in [5.41, 5.74) is 2.64. The molecule has 0 unspecified atom stereocenters. The molecule has 0 saturated heterocycles. The van der Waals surface area contributed by atoms with Crippen LogP contribution >= 0.6 is 22.7 Å². The Labute approximate surface area is 142 Å². The predicted octanol–water partition coefficient (Wildman–Crippen LogP) is 4.59. The molecule has 0 aliphatic rings. The van der Waals surface area contributed by atoms with E-state index in [9.17, 15) is 9.18 Å². The summed E-state index contributed by atoms with van der Waals surface area (Å²) in [4.78, 5) is 19.4. The van der Waals surface area contributed by atoms with E-state index < -0.39 is 0 Å². The maximum absolute atomic E-state index is 13.0. The number of carbonyl (C=O) groups excluding carboxylic acids is 1. The molecular weight excluding hydrogens is 331 g/mol. The second-order valence-electron chi connectivity index (χ2n) is 5.23. The Morgan fingerprint density at radius 1 is 1.26 bits per heavy atom. The first kappa shape index (κ1) is 15.8. The first-order valence-electron chi connectivity index (χ1n) is 7.04. The molecule has 118 valence electrons. The van der Waals surface area contributed by atoms with E-state index in [2.05, 4.69) is 4.98 Å². The third-order valence-corrected chi connectivity index (χ3v) is 5.36. The molecule has 3 nitrogen and oxygen atoms in total. The van der Waals surface area contributed by atoms with Crippen molar-refractivity contribution in [1.29, 1.82) is 0 Å². The summed E-state index contributed by atoms with van der Waals surface area (Å²) in [6.45, 7) is 2.40. The average Bonchev–Trinajstić information content (AvgIpc) is 3.17. The summed E-state index contributed by atoms with van der Waals surface area (Å²) in [5, 5.41) is 4.76. The second-order valence-corrected chi connectivity index (χ2v) is 7.01. The molecule has 0 radical (unpaired) electrons. The SMILES string of the molecule is Cc1nc(-c2ccc(F)cc2)sc1C(=O)N(C)Cc1ccsc1. The monoisotopic (exact) mass is 346 g/mol. The summed E-state index contributed by atoms with van der Waals surface area (Å²) in [7, 11) is 1.79. The van der Waals surface area contributed by atoms with Crippen molar-refractivity contribution in [3.05, 3.63) is 63.0 Å². The van der Waals surface area contributed by atoms with Gasteiger partial charge in [0, 0.05) is 19.2 Å². The van der Waals surface area contributed by atoms with Crippen LogP contribution in [0.3, 0.4) is 0 Å². The topological polar surface area (TPSA) is 33.2 Å². The van der Waals surface area contributed by atoms with Gasteiger partial charge in [-0.15, -0.1) is 11.3 Å². The summed E-state index contributed by atoms with van der Waals surface area (Å²) in [5.74, 6) is -0.326. The standard InChI is InChI=1S/C17H15FN2OS2/c1-11-15(17(21)20(2)9-12-7-8-22-10-12)23-16(19-11)13-3-5-14(18)6-4-13/h3-8,10H,9H2,1-2H3. The first-order chi connectivity index (χ1) is 11.0. The number of thiophene rings is 1. The zero-order chi connectivity index (χ0) is 16.4. The van der Waals surface area contributed by atoms with Crippen LogP contribution in [-0.2, 0) is 6.54 Å². The van der Waals surface area contributed by atoms with Crippen LogP contribution in [-0.4, -0.2) is 22.8 Å². The molecule has 0 aliphatic carbocycles. The summed E-state index contributed by atoms with van der Waals surface area (Å²) >= 11 is 2.96. The third kappa shape index (κ3) is 3.48. The minimum absolute atomic E-state index is 0.0421. The fourth-order valence-corrected chi connectivity index (χ4v) is 3.94. The number of amides is 1. The maximum atomic E-state index is 13.0. The maximum Gasteiger partial charge on any atom is 0.265 e. The van der Waals surface area contributed by atoms with Crippen LogP contribution in [0.4, 0.5) is 4.39 Å². The number of hydrogen-bond donors (Lipinski definition) is 0. The number of aromatic nitrogens is 1. The number of thiazole rings is 1. The molecule has 0 N–H and O–H groups in total. The van der Waals surface area contributed by atoms with Gasteiger partial charge in [-0.1, -0.05) is 0 Å². The smallest absolute Gasteiger partial charge is 0.265 e. The zero-order valence-electron chi connectivity index (χ0n) is 12.7. The fraction of sp³-hybridized carbons (Fsp3) is 0.176. The minimum atomic E-state index is -0.283. The summed E-state index contributed by atoms with van der Waals surface area (Å²) in [6, 6.07) is 8.16. The molecule has 2 heterocycles. The summed E-state index contributed by atoms with van der Waals surface area (Å²) in [6.07, 6.45) is 0. The molecule has 0 saturated carbocycles. The van der Waals surface area contributed by atoms with Gasteiger partial charge in [-0.3, -0.25) is 4.79 Å². The van der Waals surface area contributed by atoms with E-state index in [-0.39, 0.29) is 11.7 Å². The van der Waals surface area contributed by atoms with Gasteiger partial charge in [-0.05, 0) is 53.6 Å². The van der Waals surface area contributed by atoms with Crippen molar-refractivity contribution in [3.63, 3.8) is 0 Å². The molecular formula is C17H15FN2OS2. The zero-order valence-corrected chi connectivity index (χ0v) is 14.4. The van der Waals surface area contributed by atoms with Crippen LogP contribution in [0.2, 0.25) is 0 Å². The number of carbonyl (C=O) groups is 1. The number of halogens is 1. The van der Waals surface area contributed by atoms with Crippen LogP contribution in [0.1, 0.15) is 20.9 Å².